The molecule has 3 nitrogen and oxygen atoms in total. The van der Waals surface area contributed by atoms with Crippen molar-refractivity contribution < 1.29 is 4.79 Å². The van der Waals surface area contributed by atoms with Gasteiger partial charge in [0.1, 0.15) is 0 Å². The molecule has 0 aliphatic carbocycles. The number of aromatic nitrogens is 1. The van der Waals surface area contributed by atoms with Crippen LogP contribution in [0, 0.1) is 0 Å². The van der Waals surface area contributed by atoms with Gasteiger partial charge in [0.15, 0.2) is 0 Å². The number of likely N-dealkylation sites (tertiary alicyclic amines) is 1. The van der Waals surface area contributed by atoms with Gasteiger partial charge in [-0.1, -0.05) is 6.07 Å². The standard InChI is InChI=1S/C14H20N2O/c17-14(16-10-2-1-3-11-16)8-4-6-13-7-5-9-15-12-13/h5,7,9,12H,1-4,6,8,10-11H2. The van der Waals surface area contributed by atoms with Crippen molar-refractivity contribution in [2.45, 2.75) is 38.5 Å². The maximum absolute atomic E-state index is 11.9. The van der Waals surface area contributed by atoms with Crippen molar-refractivity contribution in [2.24, 2.45) is 0 Å². The first-order chi connectivity index (χ1) is 8.36. The lowest BCUT2D eigenvalue weighted by Gasteiger charge is -2.26. The average molecular weight is 232 g/mol. The zero-order chi connectivity index (χ0) is 11.9. The Hall–Kier alpha value is -1.38. The van der Waals surface area contributed by atoms with Gasteiger partial charge in [-0.15, -0.1) is 0 Å². The molecule has 0 bridgehead atoms. The second kappa shape index (κ2) is 6.38. The molecule has 1 aromatic rings. The van der Waals surface area contributed by atoms with Crippen LogP contribution in [0.25, 0.3) is 0 Å². The molecule has 17 heavy (non-hydrogen) atoms. The van der Waals surface area contributed by atoms with E-state index < -0.39 is 0 Å². The fraction of sp³-hybridized carbons (Fsp3) is 0.571. The van der Waals surface area contributed by atoms with Crippen LogP contribution in [0.15, 0.2) is 24.5 Å². The lowest BCUT2D eigenvalue weighted by molar-refractivity contribution is -0.132. The first-order valence-corrected chi connectivity index (χ1v) is 6.53. The molecule has 2 heterocycles. The lowest BCUT2D eigenvalue weighted by atomic mass is 10.1. The summed E-state index contributed by atoms with van der Waals surface area (Å²) in [5.41, 5.74) is 1.22. The van der Waals surface area contributed by atoms with Gasteiger partial charge >= 0.3 is 0 Å². The average Bonchev–Trinajstić information content (AvgIpc) is 2.41. The topological polar surface area (TPSA) is 33.2 Å². The van der Waals surface area contributed by atoms with E-state index in [2.05, 4.69) is 11.1 Å². The third-order valence-electron chi connectivity index (χ3n) is 3.29. The fourth-order valence-electron chi connectivity index (χ4n) is 2.29. The molecule has 0 unspecified atom stereocenters. The van der Waals surface area contributed by atoms with E-state index in [1.807, 2.05) is 17.2 Å². The van der Waals surface area contributed by atoms with Crippen molar-refractivity contribution in [2.75, 3.05) is 13.1 Å². The van der Waals surface area contributed by atoms with Crippen LogP contribution in [0.4, 0.5) is 0 Å². The molecule has 92 valence electrons. The number of carbonyl (C=O) groups is 1. The zero-order valence-corrected chi connectivity index (χ0v) is 10.3. The van der Waals surface area contributed by atoms with Gasteiger partial charge in [-0.05, 0) is 43.7 Å². The number of hydrogen-bond donors (Lipinski definition) is 0. The lowest BCUT2D eigenvalue weighted by Crippen LogP contribution is -2.35. The molecule has 1 saturated heterocycles. The van der Waals surface area contributed by atoms with E-state index in [1.54, 1.807) is 6.20 Å². The Morgan fingerprint density at radius 3 is 2.82 bits per heavy atom. The molecular weight excluding hydrogens is 212 g/mol. The van der Waals surface area contributed by atoms with Crippen LogP contribution in [0.2, 0.25) is 0 Å². The molecule has 0 aromatic carbocycles. The van der Waals surface area contributed by atoms with E-state index >= 15 is 0 Å². The molecular formula is C14H20N2O. The monoisotopic (exact) mass is 232 g/mol. The van der Waals surface area contributed by atoms with E-state index in [-0.39, 0.29) is 0 Å². The molecule has 0 atom stereocenters. The molecule has 0 saturated carbocycles. The summed E-state index contributed by atoms with van der Waals surface area (Å²) in [6.45, 7) is 1.93. The number of hydrogen-bond acceptors (Lipinski definition) is 2. The molecule has 0 N–H and O–H groups in total. The van der Waals surface area contributed by atoms with Crippen LogP contribution >= 0.6 is 0 Å². The molecule has 0 radical (unpaired) electrons. The predicted octanol–water partition coefficient (Wildman–Crippen LogP) is 2.42. The Balaban J connectivity index is 1.69. The smallest absolute Gasteiger partial charge is 0.222 e. The Labute approximate surface area is 103 Å². The van der Waals surface area contributed by atoms with Crippen molar-refractivity contribution in [3.63, 3.8) is 0 Å². The molecule has 1 aliphatic heterocycles. The summed E-state index contributed by atoms with van der Waals surface area (Å²) < 4.78 is 0. The summed E-state index contributed by atoms with van der Waals surface area (Å²) in [5, 5.41) is 0. The molecule has 2 rings (SSSR count). The summed E-state index contributed by atoms with van der Waals surface area (Å²) in [4.78, 5) is 18.0. The largest absolute Gasteiger partial charge is 0.343 e. The highest BCUT2D eigenvalue weighted by atomic mass is 16.2. The number of nitrogens with zero attached hydrogens (tertiary/aromatic N) is 2. The van der Waals surface area contributed by atoms with Gasteiger partial charge in [0.2, 0.25) is 5.91 Å². The first-order valence-electron chi connectivity index (χ1n) is 6.53. The molecule has 1 aromatic heterocycles. The maximum atomic E-state index is 11.9. The van der Waals surface area contributed by atoms with Gasteiger partial charge < -0.3 is 4.90 Å². The maximum Gasteiger partial charge on any atom is 0.222 e. The second-order valence-electron chi connectivity index (χ2n) is 4.66. The van der Waals surface area contributed by atoms with Gasteiger partial charge in [0, 0.05) is 31.9 Å². The molecule has 1 amide bonds. The number of aryl methyl sites for hydroxylation is 1. The number of piperidine rings is 1. The van der Waals surface area contributed by atoms with Gasteiger partial charge in [-0.25, -0.2) is 0 Å². The van der Waals surface area contributed by atoms with Crippen LogP contribution in [0.3, 0.4) is 0 Å². The molecule has 3 heteroatoms. The Kier molecular flexibility index (Phi) is 4.54. The summed E-state index contributed by atoms with van der Waals surface area (Å²) in [6.07, 6.45) is 9.85. The van der Waals surface area contributed by atoms with Crippen molar-refractivity contribution >= 4 is 5.91 Å². The van der Waals surface area contributed by atoms with E-state index in [0.29, 0.717) is 12.3 Å². The van der Waals surface area contributed by atoms with Gasteiger partial charge in [-0.2, -0.15) is 0 Å². The highest BCUT2D eigenvalue weighted by molar-refractivity contribution is 5.76. The Bertz CT molecular complexity index is 344. The van der Waals surface area contributed by atoms with Gasteiger partial charge in [-0.3, -0.25) is 9.78 Å². The summed E-state index contributed by atoms with van der Waals surface area (Å²) in [5.74, 6) is 0.327. The van der Waals surface area contributed by atoms with Crippen LogP contribution < -0.4 is 0 Å². The number of carbonyl (C=O) groups excluding carboxylic acids is 1. The van der Waals surface area contributed by atoms with E-state index in [9.17, 15) is 4.79 Å². The van der Waals surface area contributed by atoms with E-state index in [1.165, 1.54) is 24.8 Å². The predicted molar refractivity (Wildman–Crippen MR) is 67.6 cm³/mol. The minimum absolute atomic E-state index is 0.327. The van der Waals surface area contributed by atoms with Crippen molar-refractivity contribution in [3.05, 3.63) is 30.1 Å². The van der Waals surface area contributed by atoms with Crippen molar-refractivity contribution in [3.8, 4) is 0 Å². The summed E-state index contributed by atoms with van der Waals surface area (Å²) in [6, 6.07) is 4.01. The normalized spacial score (nSPS) is 15.9. The summed E-state index contributed by atoms with van der Waals surface area (Å²) >= 11 is 0. The highest BCUT2D eigenvalue weighted by Gasteiger charge is 2.15. The van der Waals surface area contributed by atoms with Crippen LogP contribution in [0.5, 0.6) is 0 Å². The third kappa shape index (κ3) is 3.84. The van der Waals surface area contributed by atoms with Crippen LogP contribution in [-0.2, 0) is 11.2 Å². The van der Waals surface area contributed by atoms with Crippen LogP contribution in [-0.4, -0.2) is 28.9 Å². The zero-order valence-electron chi connectivity index (χ0n) is 10.3. The van der Waals surface area contributed by atoms with Crippen molar-refractivity contribution in [1.29, 1.82) is 0 Å². The fourth-order valence-corrected chi connectivity index (χ4v) is 2.29. The third-order valence-corrected chi connectivity index (χ3v) is 3.29. The quantitative estimate of drug-likeness (QED) is 0.798. The summed E-state index contributed by atoms with van der Waals surface area (Å²) in [7, 11) is 0. The molecule has 1 fully saturated rings. The SMILES string of the molecule is O=C(CCCc1cccnc1)N1CCCCC1. The minimum Gasteiger partial charge on any atom is -0.343 e. The second-order valence-corrected chi connectivity index (χ2v) is 4.66. The van der Waals surface area contributed by atoms with E-state index in [0.717, 1.165) is 25.9 Å². The highest BCUT2D eigenvalue weighted by Crippen LogP contribution is 2.11. The Morgan fingerprint density at radius 1 is 1.29 bits per heavy atom. The Morgan fingerprint density at radius 2 is 2.12 bits per heavy atom. The number of pyridine rings is 1. The number of amides is 1. The van der Waals surface area contributed by atoms with E-state index in [4.69, 9.17) is 0 Å². The first kappa shape index (κ1) is 12.1. The van der Waals surface area contributed by atoms with Crippen molar-refractivity contribution in [1.82, 2.24) is 9.88 Å². The number of rotatable bonds is 4. The van der Waals surface area contributed by atoms with Crippen LogP contribution in [0.1, 0.15) is 37.7 Å². The van der Waals surface area contributed by atoms with Gasteiger partial charge in [0.05, 0.1) is 0 Å². The molecule has 0 spiro atoms. The van der Waals surface area contributed by atoms with Gasteiger partial charge in [0.25, 0.3) is 0 Å². The molecule has 1 aliphatic rings. The minimum atomic E-state index is 0.327.